The predicted octanol–water partition coefficient (Wildman–Crippen LogP) is 24.5. The molecule has 6 aromatic heterocycles. The first kappa shape index (κ1) is 49.7. The molecule has 20 rings (SSSR count). The highest BCUT2D eigenvalue weighted by atomic mass is 32.1. The largest absolute Gasteiger partial charge is 0.456 e. The summed E-state index contributed by atoms with van der Waals surface area (Å²) < 4.78 is 23.8. The zero-order chi connectivity index (χ0) is 58.7. The molecule has 0 spiro atoms. The summed E-state index contributed by atoms with van der Waals surface area (Å²) in [5.74, 6) is 0. The van der Waals surface area contributed by atoms with E-state index < -0.39 is 0 Å². The molecular weight excluding hydrogens is 1140 g/mol. The van der Waals surface area contributed by atoms with E-state index in [2.05, 4.69) is 310 Å². The van der Waals surface area contributed by atoms with Crippen LogP contribution in [0.2, 0.25) is 0 Å². The molecule has 0 bridgehead atoms. The van der Waals surface area contributed by atoms with Crippen LogP contribution in [-0.4, -0.2) is 9.13 Å². The Kier molecular flexibility index (Phi) is 10.5. The van der Waals surface area contributed by atoms with E-state index in [1.165, 1.54) is 72.9 Å². The van der Waals surface area contributed by atoms with Crippen molar-refractivity contribution in [1.29, 1.82) is 0 Å². The van der Waals surface area contributed by atoms with E-state index in [1.807, 2.05) is 22.7 Å². The van der Waals surface area contributed by atoms with E-state index in [0.717, 1.165) is 111 Å². The Morgan fingerprint density at radius 3 is 1.07 bits per heavy atom. The number of hydrogen-bond donors (Lipinski definition) is 0. The standard InChI is InChI=1S/C82H48N4O2S2/c1-3-17-51(18-4-1)85-69-27-11-7-21-57(69)59-37-33-53(45-73(59)85)83(71-29-15-25-65-63-23-9-13-31-79(63)89-81(65)71)55-35-39-61-67-41-49-42-68-62-40-36-56(48-78(62)88-76(68)44-50(49)43-75(67)87-77(61)47-55)84(72-30-16-26-66-64-24-10-14-32-80(64)90-82(66)72)54-34-38-60-58-22-8-12-28-70(58)86(74(60)46-54)52-19-5-2-6-20-52/h1-48H. The molecule has 0 fully saturated rings. The van der Waals surface area contributed by atoms with Crippen LogP contribution in [0, 0.1) is 0 Å². The van der Waals surface area contributed by atoms with Gasteiger partial charge < -0.3 is 27.8 Å². The van der Waals surface area contributed by atoms with Crippen LogP contribution in [0.25, 0.3) is 150 Å². The molecule has 6 nitrogen and oxygen atoms in total. The fourth-order valence-corrected chi connectivity index (χ4v) is 17.0. The van der Waals surface area contributed by atoms with Crippen molar-refractivity contribution in [3.05, 3.63) is 291 Å². The Morgan fingerprint density at radius 1 is 0.244 bits per heavy atom. The highest BCUT2D eigenvalue weighted by Gasteiger charge is 2.25. The van der Waals surface area contributed by atoms with Gasteiger partial charge in [-0.2, -0.15) is 0 Å². The molecule has 0 N–H and O–H groups in total. The summed E-state index contributed by atoms with van der Waals surface area (Å²) in [6.45, 7) is 0. The minimum Gasteiger partial charge on any atom is -0.456 e. The average molecular weight is 1190 g/mol. The number of thiophene rings is 2. The predicted molar refractivity (Wildman–Crippen MR) is 382 cm³/mol. The zero-order valence-electron chi connectivity index (χ0n) is 48.1. The van der Waals surface area contributed by atoms with Gasteiger partial charge in [-0.25, -0.2) is 0 Å². The fraction of sp³-hybridized carbons (Fsp3) is 0. The average Bonchev–Trinajstić information content (AvgIpc) is 1.74. The lowest BCUT2D eigenvalue weighted by Gasteiger charge is -2.26. The second kappa shape index (κ2) is 19.0. The van der Waals surface area contributed by atoms with E-state index in [9.17, 15) is 0 Å². The third-order valence-corrected chi connectivity index (χ3v) is 21.0. The van der Waals surface area contributed by atoms with E-state index in [0.29, 0.717) is 0 Å². The van der Waals surface area contributed by atoms with E-state index in [4.69, 9.17) is 8.83 Å². The Bertz CT molecular complexity index is 6000. The van der Waals surface area contributed by atoms with Crippen LogP contribution in [0.15, 0.2) is 300 Å². The molecule has 0 aliphatic carbocycles. The van der Waals surface area contributed by atoms with Crippen molar-refractivity contribution < 1.29 is 8.83 Å². The second-order valence-electron chi connectivity index (χ2n) is 23.6. The Labute approximate surface area is 522 Å². The summed E-state index contributed by atoms with van der Waals surface area (Å²) in [5, 5.41) is 16.3. The number of nitrogens with zero attached hydrogens (tertiary/aromatic N) is 4. The lowest BCUT2D eigenvalue weighted by molar-refractivity contribution is 0.668. The van der Waals surface area contributed by atoms with Crippen LogP contribution in [0.3, 0.4) is 0 Å². The first-order valence-corrected chi connectivity index (χ1v) is 32.1. The summed E-state index contributed by atoms with van der Waals surface area (Å²) in [4.78, 5) is 4.85. The molecule has 0 saturated carbocycles. The van der Waals surface area contributed by atoms with Gasteiger partial charge in [-0.15, -0.1) is 22.7 Å². The number of para-hydroxylation sites is 4. The number of furan rings is 2. The first-order valence-electron chi connectivity index (χ1n) is 30.4. The molecule has 6 heterocycles. The molecule has 420 valence electrons. The smallest absolute Gasteiger partial charge is 0.137 e. The Hall–Kier alpha value is -11.4. The number of rotatable bonds is 8. The first-order chi connectivity index (χ1) is 44.6. The number of hydrogen-bond acceptors (Lipinski definition) is 6. The molecule has 20 aromatic rings. The van der Waals surface area contributed by atoms with Crippen LogP contribution >= 0.6 is 22.7 Å². The minimum absolute atomic E-state index is 0.823. The van der Waals surface area contributed by atoms with Gasteiger partial charge in [0.25, 0.3) is 0 Å². The highest BCUT2D eigenvalue weighted by molar-refractivity contribution is 7.26. The van der Waals surface area contributed by atoms with Gasteiger partial charge in [0, 0.05) is 120 Å². The molecule has 8 heteroatoms. The van der Waals surface area contributed by atoms with Crippen molar-refractivity contribution in [3.8, 4) is 11.4 Å². The molecule has 90 heavy (non-hydrogen) atoms. The van der Waals surface area contributed by atoms with Crippen LogP contribution in [0.1, 0.15) is 0 Å². The number of anilines is 6. The Morgan fingerprint density at radius 2 is 0.600 bits per heavy atom. The molecule has 14 aromatic carbocycles. The lowest BCUT2D eigenvalue weighted by atomic mass is 10.0. The monoisotopic (exact) mass is 1180 g/mol. The summed E-state index contributed by atoms with van der Waals surface area (Å²) in [5.41, 5.74) is 16.6. The van der Waals surface area contributed by atoms with Gasteiger partial charge in [0.05, 0.1) is 42.8 Å². The molecular formula is C82H48N4O2S2. The van der Waals surface area contributed by atoms with Crippen molar-refractivity contribution in [2.75, 3.05) is 9.80 Å². The maximum atomic E-state index is 7.00. The molecule has 0 atom stereocenters. The second-order valence-corrected chi connectivity index (χ2v) is 25.7. The summed E-state index contributed by atoms with van der Waals surface area (Å²) in [6.07, 6.45) is 0. The van der Waals surface area contributed by atoms with Gasteiger partial charge in [0.15, 0.2) is 0 Å². The normalized spacial score (nSPS) is 12.2. The van der Waals surface area contributed by atoms with Gasteiger partial charge in [0.1, 0.15) is 22.3 Å². The van der Waals surface area contributed by atoms with Gasteiger partial charge in [0.2, 0.25) is 0 Å². The molecule has 0 saturated heterocycles. The molecule has 0 aliphatic rings. The Balaban J connectivity index is 0.730. The lowest BCUT2D eigenvalue weighted by Crippen LogP contribution is -2.10. The number of fused-ring (bicyclic) bond motifs is 19. The minimum atomic E-state index is 0.823. The van der Waals surface area contributed by atoms with Crippen LogP contribution in [-0.2, 0) is 0 Å². The summed E-state index contributed by atoms with van der Waals surface area (Å²) in [7, 11) is 0. The van der Waals surface area contributed by atoms with Gasteiger partial charge in [-0.1, -0.05) is 146 Å². The molecule has 0 radical (unpaired) electrons. The van der Waals surface area contributed by atoms with Gasteiger partial charge in [-0.05, 0) is 144 Å². The van der Waals surface area contributed by atoms with Crippen LogP contribution in [0.5, 0.6) is 0 Å². The zero-order valence-corrected chi connectivity index (χ0v) is 49.8. The highest BCUT2D eigenvalue weighted by Crippen LogP contribution is 2.50. The van der Waals surface area contributed by atoms with Crippen molar-refractivity contribution in [2.24, 2.45) is 0 Å². The third-order valence-electron chi connectivity index (χ3n) is 18.6. The molecule has 0 amide bonds. The van der Waals surface area contributed by atoms with Gasteiger partial charge in [-0.3, -0.25) is 0 Å². The molecule has 0 aliphatic heterocycles. The number of aromatic nitrogens is 2. The fourth-order valence-electron chi connectivity index (χ4n) is 14.6. The van der Waals surface area contributed by atoms with Gasteiger partial charge >= 0.3 is 0 Å². The van der Waals surface area contributed by atoms with E-state index in [1.54, 1.807) is 0 Å². The quantitative estimate of drug-likeness (QED) is 0.152. The maximum Gasteiger partial charge on any atom is 0.137 e. The van der Waals surface area contributed by atoms with Crippen molar-refractivity contribution in [2.45, 2.75) is 0 Å². The van der Waals surface area contributed by atoms with Crippen LogP contribution < -0.4 is 9.80 Å². The van der Waals surface area contributed by atoms with Crippen LogP contribution in [0.4, 0.5) is 34.1 Å². The molecule has 0 unspecified atom stereocenters. The van der Waals surface area contributed by atoms with Crippen molar-refractivity contribution >= 4 is 195 Å². The number of benzene rings is 14. The summed E-state index contributed by atoms with van der Waals surface area (Å²) >= 11 is 3.69. The maximum absolute atomic E-state index is 7.00. The van der Waals surface area contributed by atoms with Crippen molar-refractivity contribution in [1.82, 2.24) is 9.13 Å². The summed E-state index contributed by atoms with van der Waals surface area (Å²) in [6, 6.07) is 106. The van der Waals surface area contributed by atoms with Crippen molar-refractivity contribution in [3.63, 3.8) is 0 Å². The topological polar surface area (TPSA) is 42.6 Å². The van der Waals surface area contributed by atoms with E-state index >= 15 is 0 Å². The SMILES string of the molecule is c1ccc(-n2c3ccccc3c3ccc(N(c4ccc5c(c4)oc4cc6cc7oc8cc(N(c9ccc%10c%11ccccc%11n(-c%11ccccc%11)c%10c9)c9cccc%10c9sc9ccccc9%10)ccc8c7cc6cc45)c4cccc5c4sc4ccccc45)cc32)cc1. The van der Waals surface area contributed by atoms with E-state index in [-0.39, 0.29) is 0 Å². The third kappa shape index (κ3) is 7.31.